The number of hydrogen-bond donors (Lipinski definition) is 2. The van der Waals surface area contributed by atoms with Crippen molar-refractivity contribution < 1.29 is 37.6 Å². The minimum atomic E-state index is -4.40. The number of nitrogens with two attached hydrogens (primary N) is 1. The lowest BCUT2D eigenvalue weighted by Gasteiger charge is -2.19. The van der Waals surface area contributed by atoms with E-state index in [4.69, 9.17) is 24.3 Å². The first-order valence-electron chi connectivity index (χ1n) is 22.2. The van der Waals surface area contributed by atoms with E-state index in [0.29, 0.717) is 19.3 Å². The van der Waals surface area contributed by atoms with E-state index in [1.807, 2.05) is 6.08 Å². The summed E-state index contributed by atoms with van der Waals surface area (Å²) in [4.78, 5) is 34.9. The lowest BCUT2D eigenvalue weighted by molar-refractivity contribution is -0.161. The van der Waals surface area contributed by atoms with E-state index < -0.39 is 32.5 Å². The van der Waals surface area contributed by atoms with Gasteiger partial charge in [0.25, 0.3) is 0 Å². The zero-order chi connectivity index (χ0) is 42.5. The molecular weight excluding hydrogens is 750 g/mol. The highest BCUT2D eigenvalue weighted by atomic mass is 31.2. The number of phosphoric ester groups is 1. The molecule has 0 saturated heterocycles. The Morgan fingerprint density at radius 1 is 0.534 bits per heavy atom. The van der Waals surface area contributed by atoms with Gasteiger partial charge in [0.1, 0.15) is 6.61 Å². The summed E-state index contributed by atoms with van der Waals surface area (Å²) in [7, 11) is -4.40. The Kier molecular flexibility index (Phi) is 41.2. The monoisotopic (exact) mass is 830 g/mol. The van der Waals surface area contributed by atoms with Crippen LogP contribution in [0.25, 0.3) is 0 Å². The molecule has 2 unspecified atom stereocenters. The molecule has 0 rings (SSSR count). The van der Waals surface area contributed by atoms with Crippen LogP contribution in [0, 0.1) is 0 Å². The molecule has 0 bridgehead atoms. The van der Waals surface area contributed by atoms with Gasteiger partial charge < -0.3 is 20.1 Å². The molecule has 0 radical (unpaired) electrons. The van der Waals surface area contributed by atoms with E-state index >= 15 is 0 Å². The predicted molar refractivity (Wildman–Crippen MR) is 242 cm³/mol. The Hall–Kier alpha value is -3.07. The molecule has 0 saturated carbocycles. The first-order valence-corrected chi connectivity index (χ1v) is 23.7. The highest BCUT2D eigenvalue weighted by Gasteiger charge is 2.25. The van der Waals surface area contributed by atoms with Crippen molar-refractivity contribution >= 4 is 19.8 Å². The summed E-state index contributed by atoms with van der Waals surface area (Å²) in [5.41, 5.74) is 5.34. The third kappa shape index (κ3) is 42.5. The van der Waals surface area contributed by atoms with Gasteiger partial charge in [-0.2, -0.15) is 0 Å². The number of ether oxygens (including phenoxy) is 2. The first-order chi connectivity index (χ1) is 28.3. The molecule has 0 amide bonds. The molecule has 58 heavy (non-hydrogen) atoms. The second-order valence-corrected chi connectivity index (χ2v) is 15.6. The number of phosphoric acid groups is 1. The Morgan fingerprint density at radius 3 is 1.48 bits per heavy atom. The van der Waals surface area contributed by atoms with E-state index in [1.165, 1.54) is 38.5 Å². The van der Waals surface area contributed by atoms with Crippen molar-refractivity contribution in [3.8, 4) is 0 Å². The summed E-state index contributed by atoms with van der Waals surface area (Å²) in [6, 6.07) is 0. The summed E-state index contributed by atoms with van der Waals surface area (Å²) < 4.78 is 32.7. The van der Waals surface area contributed by atoms with Crippen LogP contribution in [0.1, 0.15) is 162 Å². The van der Waals surface area contributed by atoms with Crippen LogP contribution in [-0.2, 0) is 32.7 Å². The number of rotatable bonds is 40. The number of unbranched alkanes of at least 4 members (excludes halogenated alkanes) is 11. The lowest BCUT2D eigenvalue weighted by atomic mass is 10.1. The van der Waals surface area contributed by atoms with Crippen molar-refractivity contribution in [2.45, 2.75) is 168 Å². The van der Waals surface area contributed by atoms with Gasteiger partial charge in [0.2, 0.25) is 0 Å². The minimum absolute atomic E-state index is 0.0378. The van der Waals surface area contributed by atoms with Gasteiger partial charge in [-0.3, -0.25) is 18.6 Å². The number of allylic oxidation sites excluding steroid dienone is 16. The molecule has 0 aliphatic carbocycles. The molecule has 0 spiro atoms. The van der Waals surface area contributed by atoms with Gasteiger partial charge >= 0.3 is 19.8 Å². The average molecular weight is 830 g/mol. The van der Waals surface area contributed by atoms with Crippen LogP contribution in [0.5, 0.6) is 0 Å². The molecule has 0 aromatic rings. The van der Waals surface area contributed by atoms with Gasteiger partial charge in [-0.15, -0.1) is 0 Å². The highest BCUT2D eigenvalue weighted by Crippen LogP contribution is 2.43. The van der Waals surface area contributed by atoms with Crippen LogP contribution in [0.3, 0.4) is 0 Å². The van der Waals surface area contributed by atoms with E-state index in [-0.39, 0.29) is 32.6 Å². The number of hydrogen-bond acceptors (Lipinski definition) is 8. The van der Waals surface area contributed by atoms with Crippen molar-refractivity contribution in [1.29, 1.82) is 0 Å². The summed E-state index contributed by atoms with van der Waals surface area (Å²) in [5, 5.41) is 0. The Morgan fingerprint density at radius 2 is 0.966 bits per heavy atom. The molecule has 10 heteroatoms. The molecule has 0 aliphatic heterocycles. The Labute approximate surface area is 353 Å². The topological polar surface area (TPSA) is 134 Å². The molecule has 3 N–H and O–H groups in total. The van der Waals surface area contributed by atoms with Crippen molar-refractivity contribution in [3.05, 3.63) is 97.2 Å². The van der Waals surface area contributed by atoms with E-state index in [9.17, 15) is 19.0 Å². The zero-order valence-corrected chi connectivity index (χ0v) is 37.1. The molecule has 0 aliphatic rings. The maximum Gasteiger partial charge on any atom is 0.472 e. The Bertz CT molecular complexity index is 1270. The van der Waals surface area contributed by atoms with E-state index in [0.717, 1.165) is 77.0 Å². The molecule has 0 aromatic heterocycles. The van der Waals surface area contributed by atoms with E-state index in [1.54, 1.807) is 0 Å². The van der Waals surface area contributed by atoms with E-state index in [2.05, 4.69) is 105 Å². The third-order valence-corrected chi connectivity index (χ3v) is 9.69. The van der Waals surface area contributed by atoms with Gasteiger partial charge in [-0.1, -0.05) is 156 Å². The van der Waals surface area contributed by atoms with Crippen LogP contribution >= 0.6 is 7.82 Å². The Balaban J connectivity index is 4.29. The number of carbonyl (C=O) groups excluding carboxylic acids is 2. The fraction of sp³-hybridized carbons (Fsp3) is 0.625. The molecule has 2 atom stereocenters. The first kappa shape index (κ1) is 54.9. The summed E-state index contributed by atoms with van der Waals surface area (Å²) in [5.74, 6) is -0.918. The highest BCUT2D eigenvalue weighted by molar-refractivity contribution is 7.47. The molecular formula is C48H80NO8P. The molecule has 0 heterocycles. The molecule has 9 nitrogen and oxygen atoms in total. The molecule has 0 fully saturated rings. The van der Waals surface area contributed by atoms with Gasteiger partial charge in [0.15, 0.2) is 6.10 Å². The van der Waals surface area contributed by atoms with Crippen molar-refractivity contribution in [1.82, 2.24) is 0 Å². The normalized spacial score (nSPS) is 14.2. The lowest BCUT2D eigenvalue weighted by Crippen LogP contribution is -2.29. The maximum atomic E-state index is 12.6. The smallest absolute Gasteiger partial charge is 0.462 e. The van der Waals surface area contributed by atoms with Crippen LogP contribution in [0.2, 0.25) is 0 Å². The van der Waals surface area contributed by atoms with Gasteiger partial charge in [0, 0.05) is 19.4 Å². The second kappa shape index (κ2) is 43.5. The average Bonchev–Trinajstić information content (AvgIpc) is 3.21. The quantitative estimate of drug-likeness (QED) is 0.0268. The van der Waals surface area contributed by atoms with Crippen molar-refractivity contribution in [2.24, 2.45) is 5.73 Å². The molecule has 330 valence electrons. The SMILES string of the molecule is CC/C=C\C/C=C\C/C=C\C/C=C\C/C=C\C/C=C\C/C=C\CCCC(=O)OC(COC(=O)CCCCCCC/C=C\CCCCCCC)COP(=O)(O)OCCN. The number of esters is 2. The van der Waals surface area contributed by atoms with Gasteiger partial charge in [-0.05, 0) is 89.9 Å². The zero-order valence-electron chi connectivity index (χ0n) is 36.2. The van der Waals surface area contributed by atoms with Gasteiger partial charge in [0.05, 0.1) is 13.2 Å². The maximum absolute atomic E-state index is 12.6. The third-order valence-electron chi connectivity index (χ3n) is 8.70. The largest absolute Gasteiger partial charge is 0.472 e. The summed E-state index contributed by atoms with van der Waals surface area (Å²) in [6.07, 6.45) is 55.9. The van der Waals surface area contributed by atoms with Crippen molar-refractivity contribution in [2.75, 3.05) is 26.4 Å². The van der Waals surface area contributed by atoms with Crippen LogP contribution in [0.4, 0.5) is 0 Å². The van der Waals surface area contributed by atoms with Crippen molar-refractivity contribution in [3.63, 3.8) is 0 Å². The fourth-order valence-electron chi connectivity index (χ4n) is 5.44. The molecule has 0 aromatic carbocycles. The standard InChI is InChI=1S/C48H80NO8P/c1-3-5-7-9-11-13-15-17-19-20-21-22-23-24-25-26-27-29-31-33-35-37-39-41-48(51)57-46(45-56-58(52,53)55-43-42-49)44-54-47(50)40-38-36-34-32-30-28-18-16-14-12-10-8-6-4-2/h5,7,11,13,16-19,21-22,24-25,27,29,33,35,46H,3-4,6,8-10,12,14-15,20,23,26,28,30-32,34,36-45,49H2,1-2H3,(H,52,53)/b7-5-,13-11-,18-16-,19-17-,22-21-,25-24-,29-27-,35-33-. The summed E-state index contributed by atoms with van der Waals surface area (Å²) in [6.45, 7) is 3.51. The second-order valence-electron chi connectivity index (χ2n) is 14.2. The summed E-state index contributed by atoms with van der Waals surface area (Å²) >= 11 is 0. The van der Waals surface area contributed by atoms with Gasteiger partial charge in [-0.25, -0.2) is 4.57 Å². The van der Waals surface area contributed by atoms with Crippen LogP contribution in [0.15, 0.2) is 97.2 Å². The fourth-order valence-corrected chi connectivity index (χ4v) is 6.21. The van der Waals surface area contributed by atoms with Crippen LogP contribution in [-0.4, -0.2) is 49.3 Å². The minimum Gasteiger partial charge on any atom is -0.462 e. The van der Waals surface area contributed by atoms with Crippen LogP contribution < -0.4 is 5.73 Å². The number of carbonyl (C=O) groups is 2. The predicted octanol–water partition coefficient (Wildman–Crippen LogP) is 13.0.